The summed E-state index contributed by atoms with van der Waals surface area (Å²) in [6, 6.07) is 21.9. The smallest absolute Gasteiger partial charge is 0.321 e. The molecule has 0 bridgehead atoms. The molecular formula is C27H25NO7. The minimum absolute atomic E-state index is 0.0742. The predicted octanol–water partition coefficient (Wildman–Crippen LogP) is 4.22. The Morgan fingerprint density at radius 2 is 1.49 bits per heavy atom. The standard InChI is InChI=1S/C27H25NO7/c1-18-12-13-23-21(14-18)24(22(17-33-23)28(31)32)25(26(29)34-15-19-8-4-2-5-9-19)27(30)35-16-20-10-6-3-7-11-20/h2-14,22,24-25H,15-17H2,1H3. The third kappa shape index (κ3) is 5.66. The third-order valence-electron chi connectivity index (χ3n) is 5.93. The summed E-state index contributed by atoms with van der Waals surface area (Å²) in [7, 11) is 0. The number of benzene rings is 3. The number of carbonyl (C=O) groups is 2. The van der Waals surface area contributed by atoms with Gasteiger partial charge in [0.1, 0.15) is 19.0 Å². The van der Waals surface area contributed by atoms with E-state index in [-0.39, 0.29) is 19.8 Å². The zero-order valence-electron chi connectivity index (χ0n) is 19.2. The molecule has 1 heterocycles. The van der Waals surface area contributed by atoms with Crippen LogP contribution in [0.15, 0.2) is 78.9 Å². The van der Waals surface area contributed by atoms with Crippen molar-refractivity contribution in [3.63, 3.8) is 0 Å². The van der Waals surface area contributed by atoms with Gasteiger partial charge in [-0.1, -0.05) is 78.4 Å². The summed E-state index contributed by atoms with van der Waals surface area (Å²) in [4.78, 5) is 38.2. The Bertz CT molecular complexity index is 1140. The molecule has 0 aromatic heterocycles. The molecule has 2 unspecified atom stereocenters. The maximum absolute atomic E-state index is 13.3. The van der Waals surface area contributed by atoms with Gasteiger partial charge in [-0.15, -0.1) is 0 Å². The normalized spacial score (nSPS) is 16.6. The van der Waals surface area contributed by atoms with Crippen LogP contribution in [0.3, 0.4) is 0 Å². The van der Waals surface area contributed by atoms with Crippen molar-refractivity contribution in [2.24, 2.45) is 5.92 Å². The molecule has 0 saturated heterocycles. The summed E-state index contributed by atoms with van der Waals surface area (Å²) in [6.45, 7) is 1.40. The maximum Gasteiger partial charge on any atom is 0.321 e. The van der Waals surface area contributed by atoms with Gasteiger partial charge in [0.15, 0.2) is 12.5 Å². The highest BCUT2D eigenvalue weighted by atomic mass is 16.6. The second kappa shape index (κ2) is 10.8. The highest BCUT2D eigenvalue weighted by molar-refractivity contribution is 5.96. The second-order valence-electron chi connectivity index (χ2n) is 8.40. The fourth-order valence-electron chi connectivity index (χ4n) is 4.17. The lowest BCUT2D eigenvalue weighted by Gasteiger charge is -2.32. The number of hydrogen-bond donors (Lipinski definition) is 0. The number of fused-ring (bicyclic) bond motifs is 1. The molecule has 3 aromatic rings. The highest BCUT2D eigenvalue weighted by Crippen LogP contribution is 2.41. The molecule has 0 amide bonds. The highest BCUT2D eigenvalue weighted by Gasteiger charge is 2.51. The van der Waals surface area contributed by atoms with E-state index in [1.165, 1.54) is 0 Å². The van der Waals surface area contributed by atoms with Crippen LogP contribution in [-0.4, -0.2) is 29.5 Å². The van der Waals surface area contributed by atoms with Crippen LogP contribution < -0.4 is 4.74 Å². The predicted molar refractivity (Wildman–Crippen MR) is 126 cm³/mol. The van der Waals surface area contributed by atoms with Gasteiger partial charge in [0.05, 0.1) is 5.92 Å². The molecule has 0 N–H and O–H groups in total. The first kappa shape index (κ1) is 23.9. The monoisotopic (exact) mass is 475 g/mol. The van der Waals surface area contributed by atoms with Crippen LogP contribution >= 0.6 is 0 Å². The fraction of sp³-hybridized carbons (Fsp3) is 0.259. The molecule has 1 aliphatic heterocycles. The van der Waals surface area contributed by atoms with E-state index in [1.54, 1.807) is 66.7 Å². The molecule has 0 radical (unpaired) electrons. The van der Waals surface area contributed by atoms with Gasteiger partial charge in [-0.3, -0.25) is 19.7 Å². The molecule has 8 nitrogen and oxygen atoms in total. The van der Waals surface area contributed by atoms with E-state index in [2.05, 4.69) is 0 Å². The van der Waals surface area contributed by atoms with E-state index in [9.17, 15) is 19.7 Å². The molecule has 8 heteroatoms. The minimum Gasteiger partial charge on any atom is -0.486 e. The molecule has 35 heavy (non-hydrogen) atoms. The van der Waals surface area contributed by atoms with Crippen molar-refractivity contribution in [2.75, 3.05) is 6.61 Å². The summed E-state index contributed by atoms with van der Waals surface area (Å²) in [5.41, 5.74) is 2.68. The first-order valence-corrected chi connectivity index (χ1v) is 11.2. The number of carbonyl (C=O) groups excluding carboxylic acids is 2. The number of rotatable bonds is 8. The van der Waals surface area contributed by atoms with Gasteiger partial charge in [0.25, 0.3) is 6.04 Å². The molecule has 1 aliphatic rings. The summed E-state index contributed by atoms with van der Waals surface area (Å²) in [6.07, 6.45) is 0. The van der Waals surface area contributed by atoms with Crippen LogP contribution in [0.5, 0.6) is 5.75 Å². The van der Waals surface area contributed by atoms with Gasteiger partial charge in [-0.05, 0) is 24.1 Å². The first-order valence-electron chi connectivity index (χ1n) is 11.2. The number of ether oxygens (including phenoxy) is 3. The van der Waals surface area contributed by atoms with E-state index < -0.39 is 34.7 Å². The van der Waals surface area contributed by atoms with Crippen molar-refractivity contribution in [3.05, 3.63) is 111 Å². The topological polar surface area (TPSA) is 105 Å². The zero-order chi connectivity index (χ0) is 24.8. The summed E-state index contributed by atoms with van der Waals surface area (Å²) in [5, 5.41) is 12.0. The molecule has 4 rings (SSSR count). The van der Waals surface area contributed by atoms with Crippen molar-refractivity contribution in [1.82, 2.24) is 0 Å². The lowest BCUT2D eigenvalue weighted by molar-refractivity contribution is -0.531. The number of hydrogen-bond acceptors (Lipinski definition) is 7. The van der Waals surface area contributed by atoms with Crippen molar-refractivity contribution in [2.45, 2.75) is 32.1 Å². The maximum atomic E-state index is 13.3. The molecule has 2 atom stereocenters. The van der Waals surface area contributed by atoms with Crippen molar-refractivity contribution in [3.8, 4) is 5.75 Å². The van der Waals surface area contributed by atoms with Crippen LogP contribution in [0.25, 0.3) is 0 Å². The lowest BCUT2D eigenvalue weighted by Crippen LogP contribution is -2.46. The molecule has 3 aromatic carbocycles. The Balaban J connectivity index is 1.67. The van der Waals surface area contributed by atoms with Crippen molar-refractivity contribution in [1.29, 1.82) is 0 Å². The van der Waals surface area contributed by atoms with Crippen LogP contribution in [0.1, 0.15) is 28.2 Å². The number of aryl methyl sites for hydroxylation is 1. The Kier molecular flexibility index (Phi) is 7.40. The van der Waals surface area contributed by atoms with Crippen LogP contribution in [0, 0.1) is 23.0 Å². The average Bonchev–Trinajstić information content (AvgIpc) is 2.87. The molecule has 0 saturated carbocycles. The SMILES string of the molecule is Cc1ccc2c(c1)C(C(C(=O)OCc1ccccc1)C(=O)OCc1ccccc1)C([N+](=O)[O-])CO2. The largest absolute Gasteiger partial charge is 0.486 e. The number of nitrogens with zero attached hydrogens (tertiary/aromatic N) is 1. The van der Waals surface area contributed by atoms with Crippen LogP contribution in [0.4, 0.5) is 0 Å². The Morgan fingerprint density at radius 3 is 2.00 bits per heavy atom. The van der Waals surface area contributed by atoms with E-state index in [0.29, 0.717) is 11.3 Å². The van der Waals surface area contributed by atoms with Crippen molar-refractivity contribution < 1.29 is 28.7 Å². The molecule has 180 valence electrons. The van der Waals surface area contributed by atoms with Crippen LogP contribution in [0.2, 0.25) is 0 Å². The second-order valence-corrected chi connectivity index (χ2v) is 8.40. The first-order chi connectivity index (χ1) is 16.9. The third-order valence-corrected chi connectivity index (χ3v) is 5.93. The number of esters is 2. The van der Waals surface area contributed by atoms with E-state index in [4.69, 9.17) is 14.2 Å². The molecule has 0 fully saturated rings. The van der Waals surface area contributed by atoms with Gasteiger partial charge < -0.3 is 14.2 Å². The van der Waals surface area contributed by atoms with Gasteiger partial charge in [-0.2, -0.15) is 0 Å². The summed E-state index contributed by atoms with van der Waals surface area (Å²) in [5.74, 6) is -4.01. The van der Waals surface area contributed by atoms with Gasteiger partial charge in [-0.25, -0.2) is 0 Å². The van der Waals surface area contributed by atoms with E-state index in [1.807, 2.05) is 19.1 Å². The average molecular weight is 475 g/mol. The zero-order valence-corrected chi connectivity index (χ0v) is 19.2. The molecule has 0 aliphatic carbocycles. The number of nitro groups is 1. The van der Waals surface area contributed by atoms with Gasteiger partial charge >= 0.3 is 11.9 Å². The van der Waals surface area contributed by atoms with Crippen molar-refractivity contribution >= 4 is 11.9 Å². The van der Waals surface area contributed by atoms with Gasteiger partial charge in [0.2, 0.25) is 0 Å². The summed E-state index contributed by atoms with van der Waals surface area (Å²) >= 11 is 0. The minimum atomic E-state index is -1.54. The van der Waals surface area contributed by atoms with E-state index >= 15 is 0 Å². The fourth-order valence-corrected chi connectivity index (χ4v) is 4.17. The van der Waals surface area contributed by atoms with Crippen LogP contribution in [-0.2, 0) is 32.3 Å². The molecule has 0 spiro atoms. The molecular weight excluding hydrogens is 450 g/mol. The quantitative estimate of drug-likeness (QED) is 0.208. The Labute approximate surface area is 202 Å². The Morgan fingerprint density at radius 1 is 0.943 bits per heavy atom. The Hall–Kier alpha value is -4.20. The lowest BCUT2D eigenvalue weighted by atomic mass is 9.78. The van der Waals surface area contributed by atoms with Gasteiger partial charge in [0, 0.05) is 10.5 Å². The summed E-state index contributed by atoms with van der Waals surface area (Å²) < 4.78 is 16.6. The van der Waals surface area contributed by atoms with E-state index in [0.717, 1.165) is 16.7 Å².